The van der Waals surface area contributed by atoms with Crippen LogP contribution in [0.4, 0.5) is 8.78 Å². The maximum absolute atomic E-state index is 14.9. The van der Waals surface area contributed by atoms with Gasteiger partial charge in [-0.2, -0.15) is 5.26 Å². The molecule has 0 radical (unpaired) electrons. The molecule has 0 fully saturated rings. The van der Waals surface area contributed by atoms with Gasteiger partial charge in [0.2, 0.25) is 6.33 Å². The second-order valence-corrected chi connectivity index (χ2v) is 10.4. The van der Waals surface area contributed by atoms with Crippen LogP contribution < -0.4 is 4.57 Å². The number of benzene rings is 2. The number of aromatic nitrogens is 4. The fourth-order valence-corrected chi connectivity index (χ4v) is 4.99. The Balaban J connectivity index is 1.68. The third-order valence-corrected chi connectivity index (χ3v) is 7.20. The monoisotopic (exact) mass is 548 g/mol. The van der Waals surface area contributed by atoms with Gasteiger partial charge in [0.15, 0.2) is 6.73 Å². The lowest BCUT2D eigenvalue weighted by Crippen LogP contribution is -2.39. The summed E-state index contributed by atoms with van der Waals surface area (Å²) < 4.78 is 46.5. The Hall–Kier alpha value is -3.37. The zero-order valence-electron chi connectivity index (χ0n) is 19.3. The molecule has 0 unspecified atom stereocenters. The zero-order chi connectivity index (χ0) is 26.8. The summed E-state index contributed by atoms with van der Waals surface area (Å²) in [5.74, 6) is -2.56. The minimum atomic E-state index is -4.72. The van der Waals surface area contributed by atoms with Crippen LogP contribution in [0, 0.1) is 23.0 Å². The lowest BCUT2D eigenvalue weighted by atomic mass is 9.82. The van der Waals surface area contributed by atoms with Crippen LogP contribution >= 0.6 is 19.2 Å². The number of hydrogen-bond acceptors (Lipinski definition) is 7. The Labute approximate surface area is 213 Å². The molecule has 0 spiro atoms. The average Bonchev–Trinajstić information content (AvgIpc) is 3.51. The number of rotatable bonds is 9. The number of phosphoric acid groups is 1. The van der Waals surface area contributed by atoms with Crippen molar-refractivity contribution in [2.45, 2.75) is 31.7 Å². The quantitative estimate of drug-likeness (QED) is 0.214. The largest absolute Gasteiger partial charge is 0.472 e. The zero-order valence-corrected chi connectivity index (χ0v) is 21.0. The van der Waals surface area contributed by atoms with E-state index in [9.17, 15) is 18.5 Å². The molecular formula is C23H21F2N5O5PS+. The Morgan fingerprint density at radius 3 is 2.65 bits per heavy atom. The molecular weight excluding hydrogens is 527 g/mol. The first-order valence-corrected chi connectivity index (χ1v) is 13.1. The molecule has 0 bridgehead atoms. The van der Waals surface area contributed by atoms with E-state index < -0.39 is 37.7 Å². The van der Waals surface area contributed by atoms with Crippen molar-refractivity contribution < 1.29 is 37.3 Å². The highest BCUT2D eigenvalue weighted by Gasteiger charge is 2.43. The van der Waals surface area contributed by atoms with E-state index in [1.165, 1.54) is 33.2 Å². The van der Waals surface area contributed by atoms with Crippen molar-refractivity contribution in [2.75, 3.05) is 0 Å². The lowest BCUT2D eigenvalue weighted by molar-refractivity contribution is -0.726. The van der Waals surface area contributed by atoms with Crippen LogP contribution in [0.15, 0.2) is 60.5 Å². The van der Waals surface area contributed by atoms with Gasteiger partial charge in [-0.05, 0) is 18.2 Å². The fraction of sp³-hybridized carbons (Fsp3) is 0.217. The molecule has 10 nitrogen and oxygen atoms in total. The van der Waals surface area contributed by atoms with Crippen LogP contribution in [0.2, 0.25) is 0 Å². The van der Waals surface area contributed by atoms with E-state index in [0.29, 0.717) is 22.3 Å². The average molecular weight is 548 g/mol. The summed E-state index contributed by atoms with van der Waals surface area (Å²) in [6.45, 7) is 0.841. The first-order valence-electron chi connectivity index (χ1n) is 10.7. The smallest absolute Gasteiger partial charge is 0.381 e. The Bertz CT molecular complexity index is 1500. The molecule has 4 rings (SSSR count). The maximum atomic E-state index is 14.9. The van der Waals surface area contributed by atoms with E-state index in [2.05, 4.69) is 14.6 Å². The van der Waals surface area contributed by atoms with Crippen LogP contribution in [-0.4, -0.2) is 29.7 Å². The molecule has 2 heterocycles. The molecule has 2 aromatic heterocycles. The van der Waals surface area contributed by atoms with Crippen molar-refractivity contribution in [1.82, 2.24) is 14.8 Å². The summed E-state index contributed by atoms with van der Waals surface area (Å²) in [7, 11) is -4.72. The highest BCUT2D eigenvalue weighted by molar-refractivity contribution is 7.46. The second-order valence-electron chi connectivity index (χ2n) is 8.24. The Morgan fingerprint density at radius 2 is 2.00 bits per heavy atom. The van der Waals surface area contributed by atoms with Gasteiger partial charge in [-0.1, -0.05) is 25.1 Å². The Kier molecular flexibility index (Phi) is 7.61. The Morgan fingerprint density at radius 1 is 1.27 bits per heavy atom. The third kappa shape index (κ3) is 6.14. The van der Waals surface area contributed by atoms with E-state index in [-0.39, 0.29) is 12.1 Å². The van der Waals surface area contributed by atoms with Gasteiger partial charge < -0.3 is 14.9 Å². The number of aliphatic hydroxyl groups is 1. The van der Waals surface area contributed by atoms with Crippen molar-refractivity contribution in [3.8, 4) is 17.3 Å². The van der Waals surface area contributed by atoms with E-state index in [1.807, 2.05) is 6.07 Å². The number of hydrogen-bond donors (Lipinski definition) is 3. The van der Waals surface area contributed by atoms with Crippen LogP contribution in [0.5, 0.6) is 0 Å². The SMILES string of the molecule is C[C@@H](c1nc(-c2ccc(C#N)cc2)cs1)[C@](O)(Cn1c[n+](COP(=O)(O)O)cn1)c1ccc(F)cc1F. The van der Waals surface area contributed by atoms with E-state index in [4.69, 9.17) is 15.0 Å². The number of phosphoric ester groups is 1. The molecule has 2 aromatic carbocycles. The standard InChI is InChI=1S/C23H20F2N5O5PS/c1-15(22-28-21(10-37-22)17-4-2-16(9-26)3-5-17)23(31,19-7-6-18(24)8-20(19)25)11-30-13-29(12-27-30)14-35-36(32,33)34/h2-8,10,12-13,15,31H,11,14H2,1H3,(H-,32,33,34)/p+1/t15-,23+/m0/s1. The summed E-state index contributed by atoms with van der Waals surface area (Å²) in [5.41, 5.74) is -0.277. The van der Waals surface area contributed by atoms with Crippen molar-refractivity contribution in [3.63, 3.8) is 0 Å². The highest BCUT2D eigenvalue weighted by Crippen LogP contribution is 2.41. The molecule has 3 N–H and O–H groups in total. The number of nitrogens with zero attached hydrogens (tertiary/aromatic N) is 5. The minimum absolute atomic E-state index is 0.176. The van der Waals surface area contributed by atoms with Gasteiger partial charge in [-0.3, -0.25) is 4.52 Å². The van der Waals surface area contributed by atoms with Gasteiger partial charge in [0.05, 0.1) is 22.3 Å². The number of halogens is 2. The molecule has 0 aliphatic rings. The van der Waals surface area contributed by atoms with Gasteiger partial charge >= 0.3 is 7.82 Å². The molecule has 0 amide bonds. The predicted octanol–water partition coefficient (Wildman–Crippen LogP) is 3.20. The summed E-state index contributed by atoms with van der Waals surface area (Å²) in [6, 6.07) is 11.7. The van der Waals surface area contributed by atoms with Gasteiger partial charge in [-0.15, -0.1) is 16.0 Å². The third-order valence-electron chi connectivity index (χ3n) is 5.72. The van der Waals surface area contributed by atoms with Crippen LogP contribution in [0.25, 0.3) is 11.3 Å². The maximum Gasteiger partial charge on any atom is 0.472 e. The first kappa shape index (κ1) is 26.7. The molecule has 0 saturated carbocycles. The first-order chi connectivity index (χ1) is 17.5. The van der Waals surface area contributed by atoms with Crippen molar-refractivity contribution >= 4 is 19.2 Å². The van der Waals surface area contributed by atoms with Crippen molar-refractivity contribution in [1.29, 1.82) is 5.26 Å². The minimum Gasteiger partial charge on any atom is -0.381 e. The van der Waals surface area contributed by atoms with Gasteiger partial charge in [0.1, 0.15) is 23.8 Å². The van der Waals surface area contributed by atoms with E-state index in [1.54, 1.807) is 36.6 Å². The van der Waals surface area contributed by atoms with Crippen molar-refractivity contribution in [2.24, 2.45) is 0 Å². The molecule has 0 saturated heterocycles. The normalized spacial score (nSPS) is 14.2. The molecule has 192 valence electrons. The van der Waals surface area contributed by atoms with Crippen LogP contribution in [0.1, 0.15) is 29.0 Å². The van der Waals surface area contributed by atoms with E-state index in [0.717, 1.165) is 17.7 Å². The predicted molar refractivity (Wildman–Crippen MR) is 126 cm³/mol. The van der Waals surface area contributed by atoms with Gasteiger partial charge in [0, 0.05) is 33.6 Å². The molecule has 37 heavy (non-hydrogen) atoms. The lowest BCUT2D eigenvalue weighted by Gasteiger charge is -2.32. The van der Waals surface area contributed by atoms with Crippen LogP contribution in [0.3, 0.4) is 0 Å². The summed E-state index contributed by atoms with van der Waals surface area (Å²) in [6.07, 6.45) is 2.53. The molecule has 2 atom stereocenters. The molecule has 0 aliphatic heterocycles. The second kappa shape index (κ2) is 10.5. The van der Waals surface area contributed by atoms with Gasteiger partial charge in [-0.25, -0.2) is 22.9 Å². The molecule has 4 aromatic rings. The molecule has 0 aliphatic carbocycles. The fourth-order valence-electron chi connectivity index (χ4n) is 3.74. The summed E-state index contributed by atoms with van der Waals surface area (Å²) in [4.78, 5) is 22.4. The number of thiazole rings is 1. The topological polar surface area (TPSA) is 145 Å². The molecule has 14 heteroatoms. The highest BCUT2D eigenvalue weighted by atomic mass is 32.1. The van der Waals surface area contributed by atoms with E-state index >= 15 is 0 Å². The number of nitriles is 1. The van der Waals surface area contributed by atoms with Crippen molar-refractivity contribution in [3.05, 3.63) is 88.3 Å². The summed E-state index contributed by atoms with van der Waals surface area (Å²) in [5, 5.41) is 27.2. The van der Waals surface area contributed by atoms with Crippen LogP contribution in [-0.2, 0) is 28.0 Å². The van der Waals surface area contributed by atoms with Gasteiger partial charge in [0.25, 0.3) is 6.33 Å². The summed E-state index contributed by atoms with van der Waals surface area (Å²) >= 11 is 1.25.